The number of hydrogen-bond donors (Lipinski definition) is 0. The Morgan fingerprint density at radius 2 is 1.08 bits per heavy atom. The highest BCUT2D eigenvalue weighted by atomic mass is 35.5. The lowest BCUT2D eigenvalue weighted by Crippen LogP contribution is -2.22. The molecule has 0 amide bonds. The number of alkyl halides is 9. The van der Waals surface area contributed by atoms with E-state index in [1.807, 2.05) is 0 Å². The molecule has 0 aliphatic carbocycles. The lowest BCUT2D eigenvalue weighted by molar-refractivity contribution is -0.278. The molecule has 0 aromatic heterocycles. The third-order valence-electron chi connectivity index (χ3n) is 1.92. The van der Waals surface area contributed by atoms with Crippen molar-refractivity contribution in [3.8, 4) is 17.2 Å². The molecule has 0 fully saturated rings. The van der Waals surface area contributed by atoms with Gasteiger partial charge in [-0.1, -0.05) is 0 Å². The van der Waals surface area contributed by atoms with Crippen LogP contribution < -0.4 is 14.2 Å². The Morgan fingerprint density at radius 3 is 1.33 bits per heavy atom. The second-order valence-corrected chi connectivity index (χ2v) is 4.05. The third kappa shape index (κ3) is 6.60. The van der Waals surface area contributed by atoms with Gasteiger partial charge in [-0.05, 0) is 11.6 Å². The number of carbonyl (C=O) groups is 1. The highest BCUT2D eigenvalue weighted by Crippen LogP contribution is 2.41. The average Bonchev–Trinajstić information content (AvgIpc) is 2.19. The molecule has 136 valence electrons. The van der Waals surface area contributed by atoms with Crippen LogP contribution in [0.4, 0.5) is 39.5 Å². The van der Waals surface area contributed by atoms with Crippen LogP contribution in [0.15, 0.2) is 12.1 Å². The molecule has 1 rings (SSSR count). The topological polar surface area (TPSA) is 44.8 Å². The molecule has 0 heterocycles. The summed E-state index contributed by atoms with van der Waals surface area (Å²) in [6.45, 7) is 0. The molecule has 1 aromatic rings. The van der Waals surface area contributed by atoms with Gasteiger partial charge in [-0.15, -0.1) is 39.5 Å². The molecule has 0 bridgehead atoms. The Balaban J connectivity index is 3.54. The van der Waals surface area contributed by atoms with E-state index in [0.717, 1.165) is 0 Å². The zero-order valence-corrected chi connectivity index (χ0v) is 11.3. The smallest absolute Gasteiger partial charge is 0.406 e. The van der Waals surface area contributed by atoms with E-state index in [0.29, 0.717) is 0 Å². The normalized spacial score (nSPS) is 12.8. The van der Waals surface area contributed by atoms with Gasteiger partial charge in [-0.3, -0.25) is 4.79 Å². The summed E-state index contributed by atoms with van der Waals surface area (Å²) < 4.78 is 119. The average molecular weight is 393 g/mol. The van der Waals surface area contributed by atoms with E-state index in [-0.39, 0.29) is 12.1 Å². The molecule has 0 saturated carbocycles. The van der Waals surface area contributed by atoms with Gasteiger partial charge in [0.2, 0.25) is 0 Å². The molecule has 0 aliphatic rings. The molecular formula is C10H2ClF9O4. The maximum absolute atomic E-state index is 12.2. The summed E-state index contributed by atoms with van der Waals surface area (Å²) in [5.41, 5.74) is -1.60. The van der Waals surface area contributed by atoms with Crippen LogP contribution in [0.1, 0.15) is 10.4 Å². The minimum Gasteiger partial charge on any atom is -0.406 e. The van der Waals surface area contributed by atoms with Crippen LogP contribution in [0.25, 0.3) is 0 Å². The molecule has 0 atom stereocenters. The maximum atomic E-state index is 12.2. The van der Waals surface area contributed by atoms with Crippen molar-refractivity contribution in [1.29, 1.82) is 0 Å². The van der Waals surface area contributed by atoms with Crippen LogP contribution in [0.2, 0.25) is 0 Å². The Hall–Kier alpha value is -2.05. The second kappa shape index (κ2) is 6.45. The monoisotopic (exact) mass is 392 g/mol. The first-order valence-electron chi connectivity index (χ1n) is 5.22. The van der Waals surface area contributed by atoms with E-state index in [4.69, 9.17) is 11.6 Å². The Morgan fingerprint density at radius 1 is 0.750 bits per heavy atom. The SMILES string of the molecule is O=C(Cl)c1c(OC(F)(F)F)cc(OC(F)(F)F)cc1OC(F)(F)F. The molecule has 4 nitrogen and oxygen atoms in total. The first-order chi connectivity index (χ1) is 10.6. The number of carbonyl (C=O) groups excluding carboxylic acids is 1. The summed E-state index contributed by atoms with van der Waals surface area (Å²) in [4.78, 5) is 11.1. The maximum Gasteiger partial charge on any atom is 0.573 e. The van der Waals surface area contributed by atoms with Gasteiger partial charge in [-0.2, -0.15) is 0 Å². The molecule has 0 aliphatic heterocycles. The largest absolute Gasteiger partial charge is 0.573 e. The van der Waals surface area contributed by atoms with Gasteiger partial charge in [0.25, 0.3) is 5.24 Å². The fourth-order valence-corrected chi connectivity index (χ4v) is 1.55. The molecule has 14 heteroatoms. The first-order valence-corrected chi connectivity index (χ1v) is 5.60. The highest BCUT2D eigenvalue weighted by molar-refractivity contribution is 6.68. The summed E-state index contributed by atoms with van der Waals surface area (Å²) in [5, 5.41) is -1.91. The zero-order chi connectivity index (χ0) is 18.9. The minimum atomic E-state index is -5.56. The Kier molecular flexibility index (Phi) is 5.38. The lowest BCUT2D eigenvalue weighted by atomic mass is 10.2. The number of rotatable bonds is 4. The molecule has 0 saturated heterocycles. The summed E-state index contributed by atoms with van der Waals surface area (Å²) in [5.74, 6) is -5.12. The summed E-state index contributed by atoms with van der Waals surface area (Å²) in [6, 6.07) is -0.250. The van der Waals surface area contributed by atoms with Gasteiger partial charge in [0.05, 0.1) is 0 Å². The van der Waals surface area contributed by atoms with Gasteiger partial charge in [-0.25, -0.2) is 0 Å². The van der Waals surface area contributed by atoms with Gasteiger partial charge in [0.15, 0.2) is 0 Å². The van der Waals surface area contributed by atoms with Crippen LogP contribution in [0.3, 0.4) is 0 Å². The third-order valence-corrected chi connectivity index (χ3v) is 2.11. The van der Waals surface area contributed by atoms with Crippen molar-refractivity contribution in [1.82, 2.24) is 0 Å². The number of halogens is 10. The minimum absolute atomic E-state index is 0.125. The Labute approximate surface area is 130 Å². The molecule has 0 radical (unpaired) electrons. The van der Waals surface area contributed by atoms with E-state index in [1.54, 1.807) is 0 Å². The molecule has 1 aromatic carbocycles. The van der Waals surface area contributed by atoms with Crippen LogP contribution >= 0.6 is 11.6 Å². The summed E-state index contributed by atoms with van der Waals surface area (Å²) >= 11 is 4.86. The van der Waals surface area contributed by atoms with Gasteiger partial charge in [0, 0.05) is 12.1 Å². The van der Waals surface area contributed by atoms with E-state index in [2.05, 4.69) is 14.2 Å². The van der Waals surface area contributed by atoms with Crippen LogP contribution in [-0.4, -0.2) is 24.3 Å². The van der Waals surface area contributed by atoms with Crippen molar-refractivity contribution in [2.24, 2.45) is 0 Å². The summed E-state index contributed by atoms with van der Waals surface area (Å²) in [7, 11) is 0. The zero-order valence-electron chi connectivity index (χ0n) is 10.6. The first kappa shape index (κ1) is 20.0. The van der Waals surface area contributed by atoms with Gasteiger partial charge < -0.3 is 14.2 Å². The van der Waals surface area contributed by atoms with E-state index in [9.17, 15) is 44.3 Å². The molecular weight excluding hydrogens is 391 g/mol. The molecule has 0 unspecified atom stereocenters. The fourth-order valence-electron chi connectivity index (χ4n) is 1.36. The Bertz CT molecular complexity index is 583. The van der Waals surface area contributed by atoms with E-state index >= 15 is 0 Å². The van der Waals surface area contributed by atoms with E-state index in [1.165, 1.54) is 0 Å². The van der Waals surface area contributed by atoms with Gasteiger partial charge in [0.1, 0.15) is 22.8 Å². The number of benzene rings is 1. The standard InChI is InChI=1S/C10H2ClF9O4/c11-7(21)6-4(23-9(15,16)17)1-3(22-8(12,13)14)2-5(6)24-10(18,19)20/h1-2H. The van der Waals surface area contributed by atoms with Crippen molar-refractivity contribution in [3.05, 3.63) is 17.7 Å². The van der Waals surface area contributed by atoms with Crippen LogP contribution in [0.5, 0.6) is 17.2 Å². The predicted octanol–water partition coefficient (Wildman–Crippen LogP) is 4.76. The molecule has 24 heavy (non-hydrogen) atoms. The molecule has 0 spiro atoms. The fraction of sp³-hybridized carbons (Fsp3) is 0.300. The highest BCUT2D eigenvalue weighted by Gasteiger charge is 2.39. The quantitative estimate of drug-likeness (QED) is 0.547. The molecule has 0 N–H and O–H groups in total. The number of hydrogen-bond acceptors (Lipinski definition) is 4. The van der Waals surface area contributed by atoms with Gasteiger partial charge >= 0.3 is 19.1 Å². The van der Waals surface area contributed by atoms with Crippen LogP contribution in [0, 0.1) is 0 Å². The van der Waals surface area contributed by atoms with E-state index < -0.39 is 47.1 Å². The predicted molar refractivity (Wildman–Crippen MR) is 56.7 cm³/mol. The van der Waals surface area contributed by atoms with Crippen molar-refractivity contribution in [3.63, 3.8) is 0 Å². The van der Waals surface area contributed by atoms with Crippen LogP contribution in [-0.2, 0) is 0 Å². The number of ether oxygens (including phenoxy) is 3. The second-order valence-electron chi connectivity index (χ2n) is 3.71. The van der Waals surface area contributed by atoms with Crippen molar-refractivity contribution >= 4 is 16.8 Å². The summed E-state index contributed by atoms with van der Waals surface area (Å²) in [6.07, 6.45) is -16.6. The van der Waals surface area contributed by atoms with Crippen molar-refractivity contribution in [2.75, 3.05) is 0 Å². The lowest BCUT2D eigenvalue weighted by Gasteiger charge is -2.18. The van der Waals surface area contributed by atoms with Crippen molar-refractivity contribution in [2.45, 2.75) is 19.1 Å². The van der Waals surface area contributed by atoms with Crippen molar-refractivity contribution < 1.29 is 58.5 Å².